The summed E-state index contributed by atoms with van der Waals surface area (Å²) >= 11 is 0. The van der Waals surface area contributed by atoms with Gasteiger partial charge in [0.2, 0.25) is 5.88 Å². The van der Waals surface area contributed by atoms with Crippen LogP contribution in [0.25, 0.3) is 0 Å². The first-order chi connectivity index (χ1) is 7.25. The fourth-order valence-corrected chi connectivity index (χ4v) is 1.93. The number of ether oxygens (including phenoxy) is 1. The summed E-state index contributed by atoms with van der Waals surface area (Å²) in [5.41, 5.74) is 1.06. The van der Waals surface area contributed by atoms with Crippen molar-refractivity contribution in [1.29, 1.82) is 0 Å². The Kier molecular flexibility index (Phi) is 3.19. The Labute approximate surface area is 90.9 Å². The Hall–Kier alpha value is -1.12. The Morgan fingerprint density at radius 1 is 1.53 bits per heavy atom. The van der Waals surface area contributed by atoms with Crippen LogP contribution in [0.4, 0.5) is 0 Å². The molecule has 2 rings (SSSR count). The lowest BCUT2D eigenvalue weighted by Gasteiger charge is -2.28. The van der Waals surface area contributed by atoms with Crippen LogP contribution in [0.2, 0.25) is 0 Å². The predicted octanol–water partition coefficient (Wildman–Crippen LogP) is 2.74. The summed E-state index contributed by atoms with van der Waals surface area (Å²) in [7, 11) is 0. The van der Waals surface area contributed by atoms with Gasteiger partial charge in [-0.1, -0.05) is 19.3 Å². The maximum absolute atomic E-state index is 5.78. The second kappa shape index (κ2) is 4.60. The highest BCUT2D eigenvalue weighted by molar-refractivity contribution is 5.20. The van der Waals surface area contributed by atoms with Gasteiger partial charge in [0.15, 0.2) is 0 Å². The molecule has 1 atom stereocenters. The van der Waals surface area contributed by atoms with Gasteiger partial charge in [0.05, 0.1) is 12.3 Å². The van der Waals surface area contributed by atoms with Crippen molar-refractivity contribution in [3.63, 3.8) is 0 Å². The monoisotopic (exact) mass is 206 g/mol. The molecule has 15 heavy (non-hydrogen) atoms. The largest absolute Gasteiger partial charge is 0.473 e. The van der Waals surface area contributed by atoms with E-state index < -0.39 is 0 Å². The Bertz CT molecular complexity index is 323. The lowest BCUT2D eigenvalue weighted by Crippen LogP contribution is -2.22. The zero-order valence-electron chi connectivity index (χ0n) is 9.44. The molecule has 0 spiro atoms. The molecule has 0 amide bonds. The summed E-state index contributed by atoms with van der Waals surface area (Å²) in [4.78, 5) is 0. The van der Waals surface area contributed by atoms with Crippen LogP contribution in [-0.2, 0) is 0 Å². The molecule has 0 unspecified atom stereocenters. The van der Waals surface area contributed by atoms with Crippen LogP contribution < -0.4 is 4.74 Å². The molecular weight excluding hydrogens is 188 g/mol. The summed E-state index contributed by atoms with van der Waals surface area (Å²) in [6.45, 7) is 4.12. The molecule has 0 radical (unpaired) electrons. The van der Waals surface area contributed by atoms with Gasteiger partial charge in [0, 0.05) is 5.56 Å². The summed E-state index contributed by atoms with van der Waals surface area (Å²) in [5.74, 6) is 1.56. The van der Waals surface area contributed by atoms with E-state index in [0.717, 1.165) is 17.9 Å². The van der Waals surface area contributed by atoms with Crippen LogP contribution in [0.3, 0.4) is 0 Å². The smallest absolute Gasteiger partial charge is 0.236 e. The van der Waals surface area contributed by atoms with Gasteiger partial charge in [0.1, 0.15) is 0 Å². The van der Waals surface area contributed by atoms with Crippen LogP contribution >= 0.6 is 0 Å². The number of hydrogen-bond acceptors (Lipinski definition) is 3. The van der Waals surface area contributed by atoms with Gasteiger partial charge in [-0.2, -0.15) is 5.10 Å². The second-order valence-corrected chi connectivity index (χ2v) is 4.48. The van der Waals surface area contributed by atoms with Gasteiger partial charge < -0.3 is 4.74 Å². The molecule has 0 N–H and O–H groups in total. The van der Waals surface area contributed by atoms with Crippen molar-refractivity contribution < 1.29 is 4.74 Å². The molecule has 3 heteroatoms. The van der Waals surface area contributed by atoms with Crippen molar-refractivity contribution in [2.24, 2.45) is 5.92 Å². The molecule has 0 saturated heterocycles. The van der Waals surface area contributed by atoms with Crippen molar-refractivity contribution in [3.05, 3.63) is 17.8 Å². The molecule has 1 aliphatic carbocycles. The molecular formula is C12H18N2O. The summed E-state index contributed by atoms with van der Waals surface area (Å²) in [6, 6.07) is 1.93. The van der Waals surface area contributed by atoms with Crippen molar-refractivity contribution in [3.8, 4) is 5.88 Å². The van der Waals surface area contributed by atoms with Crippen molar-refractivity contribution in [2.45, 2.75) is 45.6 Å². The highest BCUT2D eigenvalue weighted by Gasteiger charge is 2.21. The summed E-state index contributed by atoms with van der Waals surface area (Å²) in [5, 5.41) is 7.83. The van der Waals surface area contributed by atoms with Crippen molar-refractivity contribution in [2.75, 3.05) is 0 Å². The molecule has 0 aromatic carbocycles. The maximum atomic E-state index is 5.78. The molecule has 1 aliphatic rings. The quantitative estimate of drug-likeness (QED) is 0.759. The normalized spacial score (nSPS) is 18.3. The molecule has 1 saturated carbocycles. The van der Waals surface area contributed by atoms with E-state index in [0.29, 0.717) is 5.88 Å². The molecule has 0 bridgehead atoms. The van der Waals surface area contributed by atoms with Crippen molar-refractivity contribution in [1.82, 2.24) is 10.2 Å². The lowest BCUT2D eigenvalue weighted by molar-refractivity contribution is 0.146. The minimum atomic E-state index is 0.255. The summed E-state index contributed by atoms with van der Waals surface area (Å²) in [6.07, 6.45) is 7.22. The van der Waals surface area contributed by atoms with Gasteiger partial charge in [-0.25, -0.2) is 0 Å². The minimum absolute atomic E-state index is 0.255. The van der Waals surface area contributed by atoms with E-state index in [1.54, 1.807) is 6.20 Å². The van der Waals surface area contributed by atoms with Crippen LogP contribution in [0, 0.1) is 12.8 Å². The topological polar surface area (TPSA) is 35.0 Å². The third kappa shape index (κ3) is 2.67. The van der Waals surface area contributed by atoms with E-state index in [4.69, 9.17) is 4.74 Å². The van der Waals surface area contributed by atoms with E-state index in [1.165, 1.54) is 19.3 Å². The number of aryl methyl sites for hydroxylation is 1. The Morgan fingerprint density at radius 2 is 2.33 bits per heavy atom. The highest BCUT2D eigenvalue weighted by Crippen LogP contribution is 2.31. The molecule has 1 aromatic rings. The fourth-order valence-electron chi connectivity index (χ4n) is 1.93. The number of hydrogen-bond donors (Lipinski definition) is 0. The number of aromatic nitrogens is 2. The molecule has 3 nitrogen and oxygen atoms in total. The standard InChI is InChI=1S/C12H18N2O/c1-9-6-7-13-14-12(9)15-10(2)8-11-4-3-5-11/h6-7,10-11H,3-5,8H2,1-2H3/t10-/m0/s1. The van der Waals surface area contributed by atoms with Crippen molar-refractivity contribution >= 4 is 0 Å². The average molecular weight is 206 g/mol. The first-order valence-electron chi connectivity index (χ1n) is 5.70. The van der Waals surface area contributed by atoms with E-state index >= 15 is 0 Å². The first kappa shape index (κ1) is 10.4. The molecule has 0 aliphatic heterocycles. The predicted molar refractivity (Wildman–Crippen MR) is 58.8 cm³/mol. The Morgan fingerprint density at radius 3 is 2.93 bits per heavy atom. The van der Waals surface area contributed by atoms with Gasteiger partial charge in [-0.3, -0.25) is 0 Å². The van der Waals surface area contributed by atoms with Gasteiger partial charge in [0.25, 0.3) is 0 Å². The Balaban J connectivity index is 1.87. The summed E-state index contributed by atoms with van der Waals surface area (Å²) < 4.78 is 5.78. The zero-order valence-corrected chi connectivity index (χ0v) is 9.44. The zero-order chi connectivity index (χ0) is 10.7. The number of nitrogens with zero attached hydrogens (tertiary/aromatic N) is 2. The third-order valence-corrected chi connectivity index (χ3v) is 3.08. The third-order valence-electron chi connectivity index (χ3n) is 3.08. The first-order valence-corrected chi connectivity index (χ1v) is 5.70. The molecule has 1 fully saturated rings. The van der Waals surface area contributed by atoms with Gasteiger partial charge in [-0.05, 0) is 32.3 Å². The van der Waals surface area contributed by atoms with Gasteiger partial charge in [-0.15, -0.1) is 5.10 Å². The SMILES string of the molecule is Cc1ccnnc1O[C@@H](C)CC1CCC1. The van der Waals surface area contributed by atoms with E-state index in [9.17, 15) is 0 Å². The lowest BCUT2D eigenvalue weighted by atomic mass is 9.82. The second-order valence-electron chi connectivity index (χ2n) is 4.48. The van der Waals surface area contributed by atoms with E-state index in [-0.39, 0.29) is 6.10 Å². The number of rotatable bonds is 4. The van der Waals surface area contributed by atoms with E-state index in [1.807, 2.05) is 13.0 Å². The minimum Gasteiger partial charge on any atom is -0.473 e. The fraction of sp³-hybridized carbons (Fsp3) is 0.667. The highest BCUT2D eigenvalue weighted by atomic mass is 16.5. The van der Waals surface area contributed by atoms with Crippen LogP contribution in [0.1, 0.15) is 38.2 Å². The van der Waals surface area contributed by atoms with Crippen LogP contribution in [0.5, 0.6) is 5.88 Å². The van der Waals surface area contributed by atoms with Crippen LogP contribution in [0.15, 0.2) is 12.3 Å². The molecule has 82 valence electrons. The van der Waals surface area contributed by atoms with Crippen LogP contribution in [-0.4, -0.2) is 16.3 Å². The maximum Gasteiger partial charge on any atom is 0.236 e. The average Bonchev–Trinajstić information content (AvgIpc) is 2.16. The molecule has 1 aromatic heterocycles. The van der Waals surface area contributed by atoms with Gasteiger partial charge >= 0.3 is 0 Å². The van der Waals surface area contributed by atoms with E-state index in [2.05, 4.69) is 17.1 Å². The molecule has 1 heterocycles.